The van der Waals surface area contributed by atoms with Gasteiger partial charge in [-0.1, -0.05) is 48.3 Å². The Morgan fingerprint density at radius 2 is 2.11 bits per heavy atom. The van der Waals surface area contributed by atoms with Crippen LogP contribution in [0, 0.1) is 0 Å². The summed E-state index contributed by atoms with van der Waals surface area (Å²) in [5, 5.41) is 9.49. The van der Waals surface area contributed by atoms with E-state index in [0.717, 1.165) is 35.8 Å². The number of thioether (sulfide) groups is 1. The van der Waals surface area contributed by atoms with E-state index in [2.05, 4.69) is 27.2 Å². The number of halogens is 1. The Morgan fingerprint density at radius 1 is 1.32 bits per heavy atom. The largest absolute Gasteiger partial charge is 0.224 e. The molecule has 0 saturated heterocycles. The van der Waals surface area contributed by atoms with E-state index in [4.69, 9.17) is 11.6 Å². The van der Waals surface area contributed by atoms with Crippen molar-refractivity contribution in [1.29, 1.82) is 0 Å². The monoisotopic (exact) mass is 297 g/mol. The molecule has 7 heteroatoms. The summed E-state index contributed by atoms with van der Waals surface area (Å²) in [6.45, 7) is 2.14. The van der Waals surface area contributed by atoms with Crippen molar-refractivity contribution in [3.8, 4) is 0 Å². The third-order valence-electron chi connectivity index (χ3n) is 3.37. The molecular weight excluding hydrogens is 282 g/mol. The molecule has 2 aromatic heterocycles. The van der Waals surface area contributed by atoms with Crippen LogP contribution in [0.3, 0.4) is 0 Å². The van der Waals surface area contributed by atoms with Crippen molar-refractivity contribution < 1.29 is 0 Å². The average Bonchev–Trinajstić information content (AvgIpc) is 3.04. The van der Waals surface area contributed by atoms with Crippen molar-refractivity contribution >= 4 is 34.5 Å². The Kier molecular flexibility index (Phi) is 3.88. The summed E-state index contributed by atoms with van der Waals surface area (Å²) >= 11 is 7.81. The highest BCUT2D eigenvalue weighted by Gasteiger charge is 2.22. The second kappa shape index (κ2) is 5.63. The second-order valence-electron chi connectivity index (χ2n) is 4.79. The maximum atomic E-state index is 6.18. The van der Waals surface area contributed by atoms with Crippen LogP contribution in [0.1, 0.15) is 45.1 Å². The van der Waals surface area contributed by atoms with E-state index < -0.39 is 0 Å². The van der Waals surface area contributed by atoms with Gasteiger partial charge in [0.05, 0.1) is 6.04 Å². The summed E-state index contributed by atoms with van der Waals surface area (Å²) in [5.74, 6) is 0.993. The summed E-state index contributed by atoms with van der Waals surface area (Å²) in [7, 11) is 0. The molecule has 0 unspecified atom stereocenters. The first-order valence-corrected chi connectivity index (χ1v) is 8.07. The minimum absolute atomic E-state index is 0.410. The number of aromatic nitrogens is 5. The van der Waals surface area contributed by atoms with E-state index in [9.17, 15) is 0 Å². The van der Waals surface area contributed by atoms with Crippen molar-refractivity contribution in [2.24, 2.45) is 0 Å². The molecule has 0 radical (unpaired) electrons. The third kappa shape index (κ3) is 2.56. The molecule has 1 fully saturated rings. The van der Waals surface area contributed by atoms with Crippen LogP contribution in [-0.2, 0) is 0 Å². The van der Waals surface area contributed by atoms with Gasteiger partial charge in [0.1, 0.15) is 0 Å². The number of nitrogens with zero attached hydrogens (tertiary/aromatic N) is 5. The SMILES string of the molecule is CCCSc1nc(Cl)c2nnn(C3CCCC3)c2n1. The average molecular weight is 298 g/mol. The molecule has 0 spiro atoms. The lowest BCUT2D eigenvalue weighted by molar-refractivity contribution is 0.463. The van der Waals surface area contributed by atoms with Gasteiger partial charge in [-0.3, -0.25) is 0 Å². The molecule has 0 amide bonds. The molecule has 19 heavy (non-hydrogen) atoms. The molecule has 0 aromatic carbocycles. The molecule has 1 aliphatic carbocycles. The van der Waals surface area contributed by atoms with Crippen LogP contribution in [0.15, 0.2) is 5.16 Å². The molecule has 0 N–H and O–H groups in total. The highest BCUT2D eigenvalue weighted by molar-refractivity contribution is 7.99. The molecule has 3 rings (SSSR count). The van der Waals surface area contributed by atoms with Gasteiger partial charge in [-0.2, -0.15) is 0 Å². The van der Waals surface area contributed by atoms with Crippen LogP contribution in [0.5, 0.6) is 0 Å². The molecule has 1 aliphatic rings. The quantitative estimate of drug-likeness (QED) is 0.491. The molecule has 0 bridgehead atoms. The molecule has 2 heterocycles. The molecule has 5 nitrogen and oxygen atoms in total. The summed E-state index contributed by atoms with van der Waals surface area (Å²) in [5.41, 5.74) is 1.40. The Morgan fingerprint density at radius 3 is 2.84 bits per heavy atom. The molecule has 0 aliphatic heterocycles. The molecule has 1 saturated carbocycles. The summed E-state index contributed by atoms with van der Waals surface area (Å²) in [4.78, 5) is 8.86. The van der Waals surface area contributed by atoms with Crippen LogP contribution < -0.4 is 0 Å². The second-order valence-corrected chi connectivity index (χ2v) is 6.21. The normalized spacial score (nSPS) is 16.5. The first-order chi connectivity index (χ1) is 9.29. The van der Waals surface area contributed by atoms with Gasteiger partial charge in [0.25, 0.3) is 0 Å². The van der Waals surface area contributed by atoms with E-state index in [1.165, 1.54) is 12.8 Å². The van der Waals surface area contributed by atoms with Crippen LogP contribution in [-0.4, -0.2) is 30.7 Å². The zero-order chi connectivity index (χ0) is 13.2. The minimum Gasteiger partial charge on any atom is -0.224 e. The first-order valence-electron chi connectivity index (χ1n) is 6.71. The Bertz CT molecular complexity index is 579. The Labute approximate surface area is 121 Å². The van der Waals surface area contributed by atoms with E-state index in [0.29, 0.717) is 16.7 Å². The first kappa shape index (κ1) is 13.1. The maximum absolute atomic E-state index is 6.18. The van der Waals surface area contributed by atoms with Gasteiger partial charge in [-0.15, -0.1) is 5.10 Å². The summed E-state index contributed by atoms with van der Waals surface area (Å²) in [6, 6.07) is 0.417. The smallest absolute Gasteiger partial charge is 0.191 e. The maximum Gasteiger partial charge on any atom is 0.191 e. The summed E-state index contributed by atoms with van der Waals surface area (Å²) in [6.07, 6.45) is 5.89. The number of rotatable bonds is 4. The lowest BCUT2D eigenvalue weighted by Crippen LogP contribution is -2.07. The minimum atomic E-state index is 0.410. The van der Waals surface area contributed by atoms with E-state index in [-0.39, 0.29) is 0 Å². The predicted molar refractivity (Wildman–Crippen MR) is 76.6 cm³/mol. The zero-order valence-electron chi connectivity index (χ0n) is 10.8. The van der Waals surface area contributed by atoms with E-state index >= 15 is 0 Å². The van der Waals surface area contributed by atoms with Crippen LogP contribution in [0.25, 0.3) is 11.2 Å². The van der Waals surface area contributed by atoms with Crippen molar-refractivity contribution in [2.75, 3.05) is 5.75 Å². The van der Waals surface area contributed by atoms with Crippen LogP contribution >= 0.6 is 23.4 Å². The molecule has 102 valence electrons. The fourth-order valence-corrected chi connectivity index (χ4v) is 3.38. The van der Waals surface area contributed by atoms with E-state index in [1.807, 2.05) is 4.68 Å². The lowest BCUT2D eigenvalue weighted by atomic mass is 10.2. The van der Waals surface area contributed by atoms with Crippen molar-refractivity contribution in [1.82, 2.24) is 25.0 Å². The fraction of sp³-hybridized carbons (Fsp3) is 0.667. The number of hydrogen-bond acceptors (Lipinski definition) is 5. The van der Waals surface area contributed by atoms with Gasteiger partial charge in [-0.05, 0) is 19.3 Å². The van der Waals surface area contributed by atoms with Crippen LogP contribution in [0.4, 0.5) is 0 Å². The van der Waals surface area contributed by atoms with Gasteiger partial charge < -0.3 is 0 Å². The number of hydrogen-bond donors (Lipinski definition) is 0. The highest BCUT2D eigenvalue weighted by atomic mass is 35.5. The predicted octanol–water partition coefficient (Wildman–Crippen LogP) is 3.49. The van der Waals surface area contributed by atoms with Gasteiger partial charge >= 0.3 is 0 Å². The Hall–Kier alpha value is -0.880. The van der Waals surface area contributed by atoms with Gasteiger partial charge in [-0.25, -0.2) is 14.6 Å². The van der Waals surface area contributed by atoms with Gasteiger partial charge in [0.15, 0.2) is 21.5 Å². The zero-order valence-corrected chi connectivity index (χ0v) is 12.4. The molecular formula is C12H16ClN5S. The topological polar surface area (TPSA) is 56.5 Å². The van der Waals surface area contributed by atoms with Crippen molar-refractivity contribution in [3.63, 3.8) is 0 Å². The van der Waals surface area contributed by atoms with Crippen molar-refractivity contribution in [3.05, 3.63) is 5.15 Å². The standard InChI is InChI=1S/C12H16ClN5S/c1-2-7-19-12-14-10(13)9-11(15-12)18(17-16-9)8-5-3-4-6-8/h8H,2-7H2,1H3. The van der Waals surface area contributed by atoms with Crippen LogP contribution in [0.2, 0.25) is 5.15 Å². The summed E-state index contributed by atoms with van der Waals surface area (Å²) < 4.78 is 1.94. The van der Waals surface area contributed by atoms with Crippen molar-refractivity contribution in [2.45, 2.75) is 50.2 Å². The molecule has 2 aromatic rings. The van der Waals surface area contributed by atoms with Gasteiger partial charge in [0.2, 0.25) is 0 Å². The van der Waals surface area contributed by atoms with E-state index in [1.54, 1.807) is 11.8 Å². The third-order valence-corrected chi connectivity index (χ3v) is 4.68. The number of fused-ring (bicyclic) bond motifs is 1. The van der Waals surface area contributed by atoms with Gasteiger partial charge in [0, 0.05) is 5.75 Å². The lowest BCUT2D eigenvalue weighted by Gasteiger charge is -2.09. The molecule has 0 atom stereocenters. The Balaban J connectivity index is 2.01. The fourth-order valence-electron chi connectivity index (χ4n) is 2.43. The highest BCUT2D eigenvalue weighted by Crippen LogP contribution is 2.32.